The number of aliphatic carboxylic acids is 1. The fourth-order valence-electron chi connectivity index (χ4n) is 1.56. The highest BCUT2D eigenvalue weighted by atomic mass is 19.4. The topological polar surface area (TPSA) is 94.0 Å². The summed E-state index contributed by atoms with van der Waals surface area (Å²) in [6, 6.07) is 4.02. The highest BCUT2D eigenvalue weighted by molar-refractivity contribution is 5.73. The summed E-state index contributed by atoms with van der Waals surface area (Å²) >= 11 is 0. The van der Waals surface area contributed by atoms with Crippen molar-refractivity contribution in [3.63, 3.8) is 0 Å². The summed E-state index contributed by atoms with van der Waals surface area (Å²) in [5.74, 6) is -2.76. The van der Waals surface area contributed by atoms with Gasteiger partial charge in [-0.15, -0.1) is 0 Å². The van der Waals surface area contributed by atoms with E-state index in [-0.39, 0.29) is 0 Å². The van der Waals surface area contributed by atoms with Gasteiger partial charge in [0, 0.05) is 24.5 Å². The molecule has 0 amide bonds. The maximum Gasteiger partial charge on any atom is 0.490 e. The zero-order chi connectivity index (χ0) is 18.3. The molecule has 9 heteroatoms. The highest BCUT2D eigenvalue weighted by Gasteiger charge is 2.38. The molecule has 130 valence electrons. The van der Waals surface area contributed by atoms with E-state index in [0.29, 0.717) is 13.1 Å². The fraction of sp³-hybridized carbons (Fsp3) is 0.267. The lowest BCUT2D eigenvalue weighted by molar-refractivity contribution is -0.192. The van der Waals surface area contributed by atoms with Crippen molar-refractivity contribution in [2.45, 2.75) is 26.2 Å². The molecule has 0 bridgehead atoms. The van der Waals surface area contributed by atoms with Gasteiger partial charge in [-0.1, -0.05) is 12.6 Å². The molecule has 2 aromatic rings. The summed E-state index contributed by atoms with van der Waals surface area (Å²) in [4.78, 5) is 13.2. The van der Waals surface area contributed by atoms with Crippen LogP contribution in [0.15, 0.2) is 37.3 Å². The molecule has 0 saturated heterocycles. The Bertz CT molecular complexity index is 693. The van der Waals surface area contributed by atoms with E-state index in [9.17, 15) is 13.2 Å². The summed E-state index contributed by atoms with van der Waals surface area (Å²) in [6.07, 6.45) is 0.510. The Morgan fingerprint density at radius 1 is 1.33 bits per heavy atom. The minimum Gasteiger partial charge on any atom is -0.475 e. The molecule has 2 rings (SSSR count). The van der Waals surface area contributed by atoms with Gasteiger partial charge >= 0.3 is 12.1 Å². The Morgan fingerprint density at radius 2 is 1.96 bits per heavy atom. The highest BCUT2D eigenvalue weighted by Crippen LogP contribution is 2.13. The molecule has 0 aliphatic carbocycles. The second kappa shape index (κ2) is 8.25. The molecule has 0 radical (unpaired) electrons. The first-order chi connectivity index (χ1) is 11.1. The van der Waals surface area contributed by atoms with E-state index in [1.54, 1.807) is 6.20 Å². The molecule has 2 aromatic heterocycles. The Balaban J connectivity index is 0.000000351. The predicted molar refractivity (Wildman–Crippen MR) is 81.9 cm³/mol. The molecular weight excluding hydrogens is 325 g/mol. The molecule has 0 aliphatic heterocycles. The van der Waals surface area contributed by atoms with E-state index in [4.69, 9.17) is 15.6 Å². The number of halogens is 3. The third-order valence-electron chi connectivity index (χ3n) is 2.77. The van der Waals surface area contributed by atoms with E-state index in [0.717, 1.165) is 22.4 Å². The SMILES string of the molecule is C=C(C)c1ccc(Cn2cc(CN)cn2)cn1.O=C(O)C(F)(F)F. The number of alkyl halides is 3. The molecule has 0 aromatic carbocycles. The molecule has 6 nitrogen and oxygen atoms in total. The number of allylic oxidation sites excluding steroid dienone is 1. The van der Waals surface area contributed by atoms with Gasteiger partial charge in [0.15, 0.2) is 0 Å². The lowest BCUT2D eigenvalue weighted by atomic mass is 10.2. The molecular formula is C15H17F3N4O2. The van der Waals surface area contributed by atoms with Crippen LogP contribution in [0.25, 0.3) is 5.57 Å². The molecule has 0 unspecified atom stereocenters. The molecule has 0 aliphatic rings. The van der Waals surface area contributed by atoms with E-state index in [1.165, 1.54) is 0 Å². The van der Waals surface area contributed by atoms with Crippen molar-refractivity contribution in [2.24, 2.45) is 5.73 Å². The van der Waals surface area contributed by atoms with E-state index in [2.05, 4.69) is 16.7 Å². The second-order valence-electron chi connectivity index (χ2n) is 4.89. The molecule has 0 saturated carbocycles. The van der Waals surface area contributed by atoms with Gasteiger partial charge in [0.05, 0.1) is 18.4 Å². The fourth-order valence-corrected chi connectivity index (χ4v) is 1.56. The lowest BCUT2D eigenvalue weighted by Gasteiger charge is -2.03. The van der Waals surface area contributed by atoms with Crippen LogP contribution in [0.2, 0.25) is 0 Å². The maximum absolute atomic E-state index is 10.6. The Hall–Kier alpha value is -2.68. The average Bonchev–Trinajstić information content (AvgIpc) is 2.95. The van der Waals surface area contributed by atoms with Gasteiger partial charge in [0.2, 0.25) is 0 Å². The first-order valence-corrected chi connectivity index (χ1v) is 6.75. The summed E-state index contributed by atoms with van der Waals surface area (Å²) in [7, 11) is 0. The van der Waals surface area contributed by atoms with Gasteiger partial charge in [-0.25, -0.2) is 4.79 Å². The number of hydrogen-bond acceptors (Lipinski definition) is 4. The smallest absolute Gasteiger partial charge is 0.475 e. The van der Waals surface area contributed by atoms with Crippen molar-refractivity contribution in [3.05, 3.63) is 54.1 Å². The third kappa shape index (κ3) is 6.21. The second-order valence-corrected chi connectivity index (χ2v) is 4.89. The summed E-state index contributed by atoms with van der Waals surface area (Å²) in [5.41, 5.74) is 9.59. The van der Waals surface area contributed by atoms with Gasteiger partial charge in [0.25, 0.3) is 0 Å². The van der Waals surface area contributed by atoms with Crippen molar-refractivity contribution in [2.75, 3.05) is 0 Å². The zero-order valence-electron chi connectivity index (χ0n) is 12.9. The average molecular weight is 342 g/mol. The largest absolute Gasteiger partial charge is 0.490 e. The quantitative estimate of drug-likeness (QED) is 0.890. The van der Waals surface area contributed by atoms with Crippen LogP contribution < -0.4 is 5.73 Å². The monoisotopic (exact) mass is 342 g/mol. The number of hydrogen-bond donors (Lipinski definition) is 2. The number of carboxylic acids is 1. The minimum atomic E-state index is -5.08. The molecule has 0 atom stereocenters. The van der Waals surface area contributed by atoms with Crippen molar-refractivity contribution < 1.29 is 23.1 Å². The molecule has 0 spiro atoms. The molecule has 2 heterocycles. The number of pyridine rings is 1. The van der Waals surface area contributed by atoms with Crippen molar-refractivity contribution in [1.82, 2.24) is 14.8 Å². The standard InChI is InChI=1S/C13H16N4.C2HF3O2/c1-10(2)13-4-3-11(6-15-13)8-17-9-12(5-14)7-16-17;3-2(4,5)1(6)7/h3-4,6-7,9H,1,5,8,14H2,2H3;(H,6,7). The van der Waals surface area contributed by atoms with Crippen LogP contribution in [0, 0.1) is 0 Å². The minimum absolute atomic E-state index is 0.521. The van der Waals surface area contributed by atoms with Crippen molar-refractivity contribution >= 4 is 11.5 Å². The van der Waals surface area contributed by atoms with E-state index >= 15 is 0 Å². The van der Waals surface area contributed by atoms with Gasteiger partial charge in [0.1, 0.15) is 0 Å². The number of carboxylic acid groups (broad SMARTS) is 1. The van der Waals surface area contributed by atoms with Gasteiger partial charge in [-0.3, -0.25) is 9.67 Å². The van der Waals surface area contributed by atoms with Crippen LogP contribution in [0.4, 0.5) is 13.2 Å². The van der Waals surface area contributed by atoms with Crippen LogP contribution in [0.5, 0.6) is 0 Å². The normalized spacial score (nSPS) is 10.7. The zero-order valence-corrected chi connectivity index (χ0v) is 12.9. The van der Waals surface area contributed by atoms with Gasteiger partial charge in [-0.2, -0.15) is 18.3 Å². The molecule has 0 fully saturated rings. The summed E-state index contributed by atoms with van der Waals surface area (Å²) in [5, 5.41) is 11.4. The first kappa shape index (κ1) is 19.4. The van der Waals surface area contributed by atoms with Gasteiger partial charge in [-0.05, 0) is 24.1 Å². The van der Waals surface area contributed by atoms with Crippen molar-refractivity contribution in [3.8, 4) is 0 Å². The van der Waals surface area contributed by atoms with Crippen LogP contribution in [-0.4, -0.2) is 32.0 Å². The number of nitrogens with zero attached hydrogens (tertiary/aromatic N) is 3. The summed E-state index contributed by atoms with van der Waals surface area (Å²) in [6.45, 7) is 7.04. The first-order valence-electron chi connectivity index (χ1n) is 6.75. The number of aromatic nitrogens is 3. The Kier molecular flexibility index (Phi) is 6.66. The molecule has 24 heavy (non-hydrogen) atoms. The number of rotatable bonds is 4. The maximum atomic E-state index is 10.6. The van der Waals surface area contributed by atoms with E-state index in [1.807, 2.05) is 36.1 Å². The van der Waals surface area contributed by atoms with Crippen LogP contribution in [0.1, 0.15) is 23.7 Å². The molecule has 3 N–H and O–H groups in total. The number of nitrogens with two attached hydrogens (primary N) is 1. The van der Waals surface area contributed by atoms with Crippen molar-refractivity contribution in [1.29, 1.82) is 0 Å². The Labute approximate surface area is 136 Å². The van der Waals surface area contributed by atoms with Gasteiger partial charge < -0.3 is 10.8 Å². The van der Waals surface area contributed by atoms with Crippen LogP contribution in [-0.2, 0) is 17.9 Å². The summed E-state index contributed by atoms with van der Waals surface area (Å²) < 4.78 is 33.6. The van der Waals surface area contributed by atoms with Crippen LogP contribution >= 0.6 is 0 Å². The Morgan fingerprint density at radius 3 is 2.33 bits per heavy atom. The lowest BCUT2D eigenvalue weighted by Crippen LogP contribution is -2.21. The van der Waals surface area contributed by atoms with E-state index < -0.39 is 12.1 Å². The third-order valence-corrected chi connectivity index (χ3v) is 2.77. The predicted octanol–water partition coefficient (Wildman–Crippen LogP) is 2.45. The van der Waals surface area contributed by atoms with Crippen LogP contribution in [0.3, 0.4) is 0 Å². The number of carbonyl (C=O) groups is 1.